The van der Waals surface area contributed by atoms with Gasteiger partial charge in [-0.3, -0.25) is 9.20 Å². The van der Waals surface area contributed by atoms with Crippen LogP contribution in [0.3, 0.4) is 0 Å². The van der Waals surface area contributed by atoms with Crippen LogP contribution in [0.2, 0.25) is 0 Å². The van der Waals surface area contributed by atoms with Crippen LogP contribution >= 0.6 is 0 Å². The molecule has 30 heavy (non-hydrogen) atoms. The van der Waals surface area contributed by atoms with Crippen molar-refractivity contribution in [1.82, 2.24) is 14.4 Å². The first-order valence-corrected chi connectivity index (χ1v) is 9.72. The molecule has 0 fully saturated rings. The number of hydrogen-bond acceptors (Lipinski definition) is 6. The molecule has 0 aliphatic heterocycles. The van der Waals surface area contributed by atoms with Gasteiger partial charge in [0, 0.05) is 25.0 Å². The molecule has 0 atom stereocenters. The molecule has 2 aromatic heterocycles. The summed E-state index contributed by atoms with van der Waals surface area (Å²) in [6.07, 6.45) is 3.56. The second-order valence-electron chi connectivity index (χ2n) is 6.54. The number of carbonyl (C=O) groups is 1. The molecule has 152 valence electrons. The van der Waals surface area contributed by atoms with Gasteiger partial charge in [-0.05, 0) is 43.3 Å². The molecule has 2 aromatic carbocycles. The van der Waals surface area contributed by atoms with Crippen LogP contribution in [0.4, 0.5) is 5.82 Å². The van der Waals surface area contributed by atoms with Crippen LogP contribution in [0.1, 0.15) is 12.7 Å². The normalized spacial score (nSPS) is 10.7. The number of imidazole rings is 1. The fourth-order valence-electron chi connectivity index (χ4n) is 3.26. The standard InChI is InChI=1S/C23H22N4O3/c1-3-29-20(28)15-19-26-21(22-23(24-2)25-13-14-27(19)22)16-9-11-18(12-10-16)30-17-7-5-4-6-8-17/h4-14H,3,15H2,1-2H3,(H,24,25). The topological polar surface area (TPSA) is 77.8 Å². The highest BCUT2D eigenvalue weighted by Crippen LogP contribution is 2.31. The lowest BCUT2D eigenvalue weighted by atomic mass is 10.1. The summed E-state index contributed by atoms with van der Waals surface area (Å²) in [6.45, 7) is 2.12. The van der Waals surface area contributed by atoms with Crippen LogP contribution in [-0.4, -0.2) is 34.0 Å². The number of hydrogen-bond donors (Lipinski definition) is 1. The Bertz CT molecular complexity index is 1150. The minimum Gasteiger partial charge on any atom is -0.466 e. The molecule has 4 aromatic rings. The second kappa shape index (κ2) is 8.65. The Labute approximate surface area is 174 Å². The van der Waals surface area contributed by atoms with Gasteiger partial charge in [-0.15, -0.1) is 0 Å². The van der Waals surface area contributed by atoms with Crippen molar-refractivity contribution in [1.29, 1.82) is 0 Å². The number of rotatable bonds is 7. The van der Waals surface area contributed by atoms with Crippen LogP contribution in [0, 0.1) is 0 Å². The molecule has 1 N–H and O–H groups in total. The molecule has 0 aliphatic carbocycles. The molecule has 7 heteroatoms. The molecular weight excluding hydrogens is 380 g/mol. The highest BCUT2D eigenvalue weighted by Gasteiger charge is 2.19. The quantitative estimate of drug-likeness (QED) is 0.464. The Balaban J connectivity index is 1.71. The van der Waals surface area contributed by atoms with E-state index in [0.717, 1.165) is 28.3 Å². The number of nitrogens with zero attached hydrogens (tertiary/aromatic N) is 3. The van der Waals surface area contributed by atoms with Crippen LogP contribution in [0.25, 0.3) is 16.8 Å². The van der Waals surface area contributed by atoms with Crippen LogP contribution in [0.5, 0.6) is 11.5 Å². The maximum absolute atomic E-state index is 12.1. The summed E-state index contributed by atoms with van der Waals surface area (Å²) in [4.78, 5) is 21.2. The highest BCUT2D eigenvalue weighted by molar-refractivity contribution is 5.87. The van der Waals surface area contributed by atoms with E-state index in [0.29, 0.717) is 18.2 Å². The van der Waals surface area contributed by atoms with E-state index in [4.69, 9.17) is 14.5 Å². The van der Waals surface area contributed by atoms with Crippen molar-refractivity contribution in [3.63, 3.8) is 0 Å². The van der Waals surface area contributed by atoms with Gasteiger partial charge < -0.3 is 14.8 Å². The number of ether oxygens (including phenoxy) is 2. The summed E-state index contributed by atoms with van der Waals surface area (Å²) < 4.78 is 12.8. The Kier molecular flexibility index (Phi) is 5.61. The van der Waals surface area contributed by atoms with Gasteiger partial charge in [-0.2, -0.15) is 0 Å². The summed E-state index contributed by atoms with van der Waals surface area (Å²) in [7, 11) is 1.81. The van der Waals surface area contributed by atoms with Gasteiger partial charge in [-0.1, -0.05) is 18.2 Å². The van der Waals surface area contributed by atoms with Gasteiger partial charge in [0.05, 0.1) is 6.61 Å². The predicted molar refractivity (Wildman–Crippen MR) is 115 cm³/mol. The maximum atomic E-state index is 12.1. The number of benzene rings is 2. The number of aromatic nitrogens is 3. The van der Waals surface area contributed by atoms with Crippen LogP contribution < -0.4 is 10.1 Å². The van der Waals surface area contributed by atoms with E-state index < -0.39 is 0 Å². The van der Waals surface area contributed by atoms with E-state index in [1.54, 1.807) is 26.4 Å². The molecule has 0 unspecified atom stereocenters. The van der Waals surface area contributed by atoms with Gasteiger partial charge >= 0.3 is 5.97 Å². The molecule has 0 radical (unpaired) electrons. The molecule has 2 heterocycles. The second-order valence-corrected chi connectivity index (χ2v) is 6.54. The average Bonchev–Trinajstić information content (AvgIpc) is 3.14. The Hall–Kier alpha value is -3.87. The van der Waals surface area contributed by atoms with Gasteiger partial charge in [-0.25, -0.2) is 9.97 Å². The van der Waals surface area contributed by atoms with Gasteiger partial charge in [0.15, 0.2) is 5.82 Å². The lowest BCUT2D eigenvalue weighted by Gasteiger charge is -2.07. The number of nitrogens with one attached hydrogen (secondary N) is 1. The number of fused-ring (bicyclic) bond motifs is 1. The summed E-state index contributed by atoms with van der Waals surface area (Å²) in [5, 5.41) is 3.10. The highest BCUT2D eigenvalue weighted by atomic mass is 16.5. The van der Waals surface area contributed by atoms with Gasteiger partial charge in [0.25, 0.3) is 0 Å². The maximum Gasteiger partial charge on any atom is 0.313 e. The zero-order valence-corrected chi connectivity index (χ0v) is 16.8. The molecular formula is C23H22N4O3. The summed E-state index contributed by atoms with van der Waals surface area (Å²) in [5.74, 6) is 2.47. The monoisotopic (exact) mass is 402 g/mol. The van der Waals surface area contributed by atoms with Crippen LogP contribution in [0.15, 0.2) is 67.0 Å². The zero-order valence-electron chi connectivity index (χ0n) is 16.8. The zero-order chi connectivity index (χ0) is 20.9. The minimum atomic E-state index is -0.314. The first-order chi connectivity index (χ1) is 14.7. The van der Waals surface area contributed by atoms with E-state index in [-0.39, 0.29) is 12.4 Å². The van der Waals surface area contributed by atoms with E-state index in [9.17, 15) is 4.79 Å². The molecule has 0 spiro atoms. The predicted octanol–water partition coefficient (Wildman–Crippen LogP) is 4.34. The smallest absolute Gasteiger partial charge is 0.313 e. The largest absolute Gasteiger partial charge is 0.466 e. The lowest BCUT2D eigenvalue weighted by molar-refractivity contribution is -0.142. The van der Waals surface area contributed by atoms with E-state index in [1.807, 2.05) is 59.0 Å². The number of esters is 1. The summed E-state index contributed by atoms with van der Waals surface area (Å²) in [5.41, 5.74) is 2.43. The Morgan fingerprint density at radius 3 is 2.50 bits per heavy atom. The molecule has 0 saturated carbocycles. The average molecular weight is 402 g/mol. The third kappa shape index (κ3) is 3.96. The third-order valence-corrected chi connectivity index (χ3v) is 4.58. The van der Waals surface area contributed by atoms with Crippen molar-refractivity contribution in [3.8, 4) is 22.8 Å². The van der Waals surface area contributed by atoms with Gasteiger partial charge in [0.1, 0.15) is 35.0 Å². The molecule has 0 saturated heterocycles. The number of anilines is 1. The first kappa shape index (κ1) is 19.4. The molecule has 0 amide bonds. The molecule has 0 bridgehead atoms. The Morgan fingerprint density at radius 2 is 1.80 bits per heavy atom. The van der Waals surface area contributed by atoms with Crippen molar-refractivity contribution in [2.24, 2.45) is 0 Å². The summed E-state index contributed by atoms with van der Waals surface area (Å²) >= 11 is 0. The minimum absolute atomic E-state index is 0.0807. The molecule has 0 aliphatic rings. The summed E-state index contributed by atoms with van der Waals surface area (Å²) in [6, 6.07) is 17.3. The van der Waals surface area contributed by atoms with Crippen molar-refractivity contribution in [2.45, 2.75) is 13.3 Å². The lowest BCUT2D eigenvalue weighted by Crippen LogP contribution is -2.10. The first-order valence-electron chi connectivity index (χ1n) is 9.72. The van der Waals surface area contributed by atoms with E-state index >= 15 is 0 Å². The number of para-hydroxylation sites is 1. The van der Waals surface area contributed by atoms with Crippen molar-refractivity contribution < 1.29 is 14.3 Å². The fourth-order valence-corrected chi connectivity index (χ4v) is 3.26. The van der Waals surface area contributed by atoms with Crippen molar-refractivity contribution >= 4 is 17.3 Å². The fraction of sp³-hybridized carbons (Fsp3) is 0.174. The van der Waals surface area contributed by atoms with Crippen molar-refractivity contribution in [3.05, 3.63) is 72.8 Å². The molecule has 7 nitrogen and oxygen atoms in total. The van der Waals surface area contributed by atoms with E-state index in [1.165, 1.54) is 0 Å². The van der Waals surface area contributed by atoms with Crippen molar-refractivity contribution in [2.75, 3.05) is 19.0 Å². The SMILES string of the molecule is CCOC(=O)Cc1nc(-c2ccc(Oc3ccccc3)cc2)c2c(NC)nccn12. The third-order valence-electron chi connectivity index (χ3n) is 4.58. The Morgan fingerprint density at radius 1 is 1.07 bits per heavy atom. The van der Waals surface area contributed by atoms with Crippen LogP contribution in [-0.2, 0) is 16.0 Å². The number of carbonyl (C=O) groups excluding carboxylic acids is 1. The molecule has 4 rings (SSSR count). The van der Waals surface area contributed by atoms with Gasteiger partial charge in [0.2, 0.25) is 0 Å². The van der Waals surface area contributed by atoms with E-state index in [2.05, 4.69) is 10.3 Å².